The predicted octanol–water partition coefficient (Wildman–Crippen LogP) is 3.01. The number of carbonyl (C=O) groups is 1. The van der Waals surface area contributed by atoms with E-state index in [0.717, 1.165) is 32.1 Å². The molecule has 0 saturated carbocycles. The molecule has 0 bridgehead atoms. The van der Waals surface area contributed by atoms with Crippen LogP contribution < -0.4 is 11.1 Å². The number of aryl methyl sites for hydroxylation is 2. The molecule has 25 heavy (non-hydrogen) atoms. The van der Waals surface area contributed by atoms with Crippen LogP contribution in [0.4, 0.5) is 0 Å². The van der Waals surface area contributed by atoms with Gasteiger partial charge >= 0.3 is 0 Å². The van der Waals surface area contributed by atoms with Gasteiger partial charge in [0, 0.05) is 37.8 Å². The van der Waals surface area contributed by atoms with E-state index < -0.39 is 0 Å². The van der Waals surface area contributed by atoms with Crippen LogP contribution in [-0.4, -0.2) is 15.9 Å². The van der Waals surface area contributed by atoms with Crippen LogP contribution in [0.3, 0.4) is 0 Å². The van der Waals surface area contributed by atoms with Gasteiger partial charge in [-0.05, 0) is 72.9 Å². The highest BCUT2D eigenvalue weighted by atomic mass is 16.1. The van der Waals surface area contributed by atoms with Gasteiger partial charge in [-0.2, -0.15) is 0 Å². The van der Waals surface area contributed by atoms with Crippen LogP contribution in [0.1, 0.15) is 66.9 Å². The molecule has 0 aromatic carbocycles. The van der Waals surface area contributed by atoms with Gasteiger partial charge in [0.25, 0.3) is 0 Å². The van der Waals surface area contributed by atoms with E-state index in [1.807, 2.05) is 30.7 Å². The molecule has 3 N–H and O–H groups in total. The first-order valence-corrected chi connectivity index (χ1v) is 9.03. The maximum Gasteiger partial charge on any atom is 0.217 e. The van der Waals surface area contributed by atoms with E-state index in [-0.39, 0.29) is 18.0 Å². The van der Waals surface area contributed by atoms with Crippen LogP contribution in [0.25, 0.3) is 0 Å². The summed E-state index contributed by atoms with van der Waals surface area (Å²) in [6.07, 6.45) is 14.2. The predicted molar refractivity (Wildman–Crippen MR) is 97.8 cm³/mol. The van der Waals surface area contributed by atoms with Gasteiger partial charge in [-0.15, -0.1) is 0 Å². The summed E-state index contributed by atoms with van der Waals surface area (Å²) in [5.74, 6) is 0.0414. The summed E-state index contributed by atoms with van der Waals surface area (Å²) < 4.78 is 0. The van der Waals surface area contributed by atoms with Crippen LogP contribution in [0.5, 0.6) is 0 Å². The maximum absolute atomic E-state index is 11.0. The largest absolute Gasteiger partial charge is 0.350 e. The van der Waals surface area contributed by atoms with Crippen molar-refractivity contribution in [2.45, 2.75) is 57.5 Å². The van der Waals surface area contributed by atoms with Crippen LogP contribution in [0.2, 0.25) is 0 Å². The zero-order valence-corrected chi connectivity index (χ0v) is 14.7. The van der Waals surface area contributed by atoms with Crippen LogP contribution in [-0.2, 0) is 17.6 Å². The molecular formula is C20H26N4O. The van der Waals surface area contributed by atoms with Crippen LogP contribution in [0, 0.1) is 0 Å². The van der Waals surface area contributed by atoms with Gasteiger partial charge in [-0.25, -0.2) is 0 Å². The molecule has 0 radical (unpaired) electrons. The lowest BCUT2D eigenvalue weighted by Crippen LogP contribution is -2.28. The van der Waals surface area contributed by atoms with Crippen molar-refractivity contribution in [1.82, 2.24) is 15.3 Å². The van der Waals surface area contributed by atoms with Gasteiger partial charge in [-0.1, -0.05) is 0 Å². The van der Waals surface area contributed by atoms with Crippen molar-refractivity contribution in [2.75, 3.05) is 0 Å². The molecule has 2 heterocycles. The summed E-state index contributed by atoms with van der Waals surface area (Å²) in [4.78, 5) is 19.2. The number of carbonyl (C=O) groups excluding carboxylic acids is 1. The molecule has 2 aromatic heterocycles. The van der Waals surface area contributed by atoms with E-state index in [4.69, 9.17) is 5.73 Å². The molecule has 132 valence electrons. The number of rotatable bonds is 1. The molecule has 1 amide bonds. The number of amides is 1. The Morgan fingerprint density at radius 1 is 1.04 bits per heavy atom. The van der Waals surface area contributed by atoms with E-state index in [9.17, 15) is 4.79 Å². The summed E-state index contributed by atoms with van der Waals surface area (Å²) in [6.45, 7) is 1.56. The average molecular weight is 338 g/mol. The summed E-state index contributed by atoms with van der Waals surface area (Å²) in [5.41, 5.74) is 11.1. The molecule has 5 nitrogen and oxygen atoms in total. The lowest BCUT2D eigenvalue weighted by molar-refractivity contribution is -0.119. The van der Waals surface area contributed by atoms with E-state index in [2.05, 4.69) is 15.3 Å². The topological polar surface area (TPSA) is 80.9 Å². The molecule has 2 aliphatic carbocycles. The zero-order chi connectivity index (χ0) is 17.6. The first-order valence-electron chi connectivity index (χ1n) is 9.03. The molecule has 2 atom stereocenters. The SMILES string of the molecule is CC(=O)N[C@@H]1CCCc2cnccc21.N[C@H]1CCCc2cnccc21. The minimum absolute atomic E-state index is 0.0414. The second kappa shape index (κ2) is 8.21. The molecular weight excluding hydrogens is 312 g/mol. The van der Waals surface area contributed by atoms with Gasteiger partial charge in [0.1, 0.15) is 0 Å². The fourth-order valence-corrected chi connectivity index (χ4v) is 3.71. The minimum Gasteiger partial charge on any atom is -0.350 e. The van der Waals surface area contributed by atoms with Gasteiger partial charge in [0.2, 0.25) is 5.91 Å². The normalized spacial score (nSPS) is 21.2. The number of nitrogens with two attached hydrogens (primary N) is 1. The first-order chi connectivity index (χ1) is 12.1. The summed E-state index contributed by atoms with van der Waals surface area (Å²) in [7, 11) is 0. The summed E-state index contributed by atoms with van der Waals surface area (Å²) in [5, 5.41) is 2.97. The Balaban J connectivity index is 0.000000150. The highest BCUT2D eigenvalue weighted by molar-refractivity contribution is 5.73. The maximum atomic E-state index is 11.0. The standard InChI is InChI=1S/C11H14N2O.C9H12N2/c1-8(14)13-11-4-2-3-9-7-12-6-5-10(9)11;10-9-3-1-2-7-6-11-5-4-8(7)9/h5-7,11H,2-4H2,1H3,(H,13,14);4-6,9H,1-3,10H2/t11-;9-/m10/s1. The fraction of sp³-hybridized carbons (Fsp3) is 0.450. The van der Waals surface area contributed by atoms with E-state index in [1.165, 1.54) is 28.7 Å². The molecule has 0 fully saturated rings. The van der Waals surface area contributed by atoms with Gasteiger partial charge in [0.15, 0.2) is 0 Å². The number of pyridine rings is 2. The van der Waals surface area contributed by atoms with Crippen molar-refractivity contribution in [3.05, 3.63) is 59.2 Å². The monoisotopic (exact) mass is 338 g/mol. The first kappa shape index (κ1) is 17.5. The third-order valence-corrected chi connectivity index (χ3v) is 4.94. The Labute approximate surface area is 149 Å². The van der Waals surface area contributed by atoms with Crippen LogP contribution >= 0.6 is 0 Å². The Bertz CT molecular complexity index is 731. The molecule has 2 aromatic rings. The number of hydrogen-bond donors (Lipinski definition) is 2. The zero-order valence-electron chi connectivity index (χ0n) is 14.7. The smallest absolute Gasteiger partial charge is 0.217 e. The third-order valence-electron chi connectivity index (χ3n) is 4.94. The quantitative estimate of drug-likeness (QED) is 0.837. The Morgan fingerprint density at radius 3 is 2.28 bits per heavy atom. The van der Waals surface area contributed by atoms with Crippen molar-refractivity contribution >= 4 is 5.91 Å². The van der Waals surface area contributed by atoms with Gasteiger partial charge in [0.05, 0.1) is 6.04 Å². The van der Waals surface area contributed by atoms with Crippen molar-refractivity contribution < 1.29 is 4.79 Å². The molecule has 2 aliphatic rings. The molecule has 4 rings (SSSR count). The second-order valence-electron chi connectivity index (χ2n) is 6.79. The summed E-state index contributed by atoms with van der Waals surface area (Å²) >= 11 is 0. The Kier molecular flexibility index (Phi) is 5.76. The number of nitrogens with zero attached hydrogens (tertiary/aromatic N) is 2. The van der Waals surface area contributed by atoms with Crippen molar-refractivity contribution in [3.63, 3.8) is 0 Å². The minimum atomic E-state index is 0.0414. The highest BCUT2D eigenvalue weighted by Crippen LogP contribution is 2.28. The molecule has 0 aliphatic heterocycles. The number of nitrogens with one attached hydrogen (secondary N) is 1. The number of fused-ring (bicyclic) bond motifs is 2. The number of aromatic nitrogens is 2. The van der Waals surface area contributed by atoms with Crippen molar-refractivity contribution in [3.8, 4) is 0 Å². The number of hydrogen-bond acceptors (Lipinski definition) is 4. The lowest BCUT2D eigenvalue weighted by atomic mass is 9.89. The van der Waals surface area contributed by atoms with E-state index >= 15 is 0 Å². The fourth-order valence-electron chi connectivity index (χ4n) is 3.71. The van der Waals surface area contributed by atoms with E-state index in [1.54, 1.807) is 13.1 Å². The van der Waals surface area contributed by atoms with Gasteiger partial charge in [-0.3, -0.25) is 14.8 Å². The second-order valence-corrected chi connectivity index (χ2v) is 6.79. The average Bonchev–Trinajstić information content (AvgIpc) is 2.63. The molecule has 0 spiro atoms. The molecule has 5 heteroatoms. The highest BCUT2D eigenvalue weighted by Gasteiger charge is 2.20. The lowest BCUT2D eigenvalue weighted by Gasteiger charge is -2.25. The van der Waals surface area contributed by atoms with Gasteiger partial charge < -0.3 is 11.1 Å². The third kappa shape index (κ3) is 4.42. The van der Waals surface area contributed by atoms with E-state index in [0.29, 0.717) is 0 Å². The Morgan fingerprint density at radius 2 is 1.64 bits per heavy atom. The Hall–Kier alpha value is -2.27. The summed E-state index contributed by atoms with van der Waals surface area (Å²) in [6, 6.07) is 4.50. The van der Waals surface area contributed by atoms with Crippen LogP contribution in [0.15, 0.2) is 36.9 Å². The van der Waals surface area contributed by atoms with Crippen molar-refractivity contribution in [2.24, 2.45) is 5.73 Å². The molecule has 0 unspecified atom stereocenters. The van der Waals surface area contributed by atoms with Crippen molar-refractivity contribution in [1.29, 1.82) is 0 Å². The molecule has 0 saturated heterocycles.